The van der Waals surface area contributed by atoms with Crippen LogP contribution < -0.4 is 0 Å². The van der Waals surface area contributed by atoms with E-state index in [1.54, 1.807) is 0 Å². The fourth-order valence-corrected chi connectivity index (χ4v) is 3.35. The molecule has 0 bridgehead atoms. The summed E-state index contributed by atoms with van der Waals surface area (Å²) in [5, 5.41) is 0. The van der Waals surface area contributed by atoms with Crippen LogP contribution in [0.5, 0.6) is 0 Å². The molecular weight excluding hydrogens is 252 g/mol. The van der Waals surface area contributed by atoms with Crippen molar-refractivity contribution in [3.8, 4) is 0 Å². The van der Waals surface area contributed by atoms with Gasteiger partial charge in [0.1, 0.15) is 0 Å². The van der Waals surface area contributed by atoms with Crippen LogP contribution in [-0.2, 0) is 0 Å². The predicted molar refractivity (Wildman–Crippen MR) is 98.9 cm³/mol. The molecule has 1 atom stereocenters. The maximum atomic E-state index is 2.42. The van der Waals surface area contributed by atoms with Gasteiger partial charge in [-0.1, -0.05) is 124 Å². The zero-order chi connectivity index (χ0) is 15.8. The highest BCUT2D eigenvalue weighted by molar-refractivity contribution is 4.63. The van der Waals surface area contributed by atoms with Gasteiger partial charge in [0.2, 0.25) is 0 Å². The van der Waals surface area contributed by atoms with Gasteiger partial charge in [0.15, 0.2) is 0 Å². The number of hydrogen-bond donors (Lipinski definition) is 0. The van der Waals surface area contributed by atoms with Gasteiger partial charge in [-0.2, -0.15) is 0 Å². The van der Waals surface area contributed by atoms with Gasteiger partial charge in [-0.15, -0.1) is 0 Å². The van der Waals surface area contributed by atoms with Gasteiger partial charge < -0.3 is 0 Å². The molecule has 0 amide bonds. The molecular formula is C21H44. The van der Waals surface area contributed by atoms with Gasteiger partial charge in [-0.25, -0.2) is 0 Å². The Balaban J connectivity index is 3.29. The molecule has 0 N–H and O–H groups in total. The van der Waals surface area contributed by atoms with Gasteiger partial charge in [0.25, 0.3) is 0 Å². The molecule has 0 saturated carbocycles. The predicted octanol–water partition coefficient (Wildman–Crippen LogP) is 8.15. The van der Waals surface area contributed by atoms with Gasteiger partial charge in [0, 0.05) is 0 Å². The van der Waals surface area contributed by atoms with Crippen LogP contribution in [0, 0.1) is 11.8 Å². The number of hydrogen-bond acceptors (Lipinski definition) is 0. The Morgan fingerprint density at radius 1 is 0.476 bits per heavy atom. The molecule has 0 heteroatoms. The molecule has 0 radical (unpaired) electrons. The summed E-state index contributed by atoms with van der Waals surface area (Å²) in [6.07, 6.45) is 21.8. The molecule has 0 aromatic heterocycles. The molecule has 0 spiro atoms. The van der Waals surface area contributed by atoms with E-state index in [9.17, 15) is 0 Å². The van der Waals surface area contributed by atoms with Gasteiger partial charge in [-0.05, 0) is 11.8 Å². The third kappa shape index (κ3) is 14.7. The minimum Gasteiger partial charge on any atom is -0.0654 e. The topological polar surface area (TPSA) is 0 Å². The molecule has 0 nitrogen and oxygen atoms in total. The van der Waals surface area contributed by atoms with Crippen molar-refractivity contribution in [1.82, 2.24) is 0 Å². The molecule has 0 aromatic carbocycles. The molecule has 0 aromatic rings. The van der Waals surface area contributed by atoms with Crippen molar-refractivity contribution >= 4 is 0 Å². The van der Waals surface area contributed by atoms with Crippen molar-refractivity contribution in [2.24, 2.45) is 11.8 Å². The quantitative estimate of drug-likeness (QED) is 0.252. The lowest BCUT2D eigenvalue weighted by Crippen LogP contribution is -2.08. The van der Waals surface area contributed by atoms with Crippen LogP contribution in [-0.4, -0.2) is 0 Å². The first-order valence-corrected chi connectivity index (χ1v) is 10.2. The van der Waals surface area contributed by atoms with Crippen molar-refractivity contribution in [3.63, 3.8) is 0 Å². The zero-order valence-electron chi connectivity index (χ0n) is 15.8. The maximum Gasteiger partial charge on any atom is -0.0391 e. The molecule has 0 fully saturated rings. The summed E-state index contributed by atoms with van der Waals surface area (Å²) in [5.74, 6) is 1.88. The summed E-state index contributed by atoms with van der Waals surface area (Å²) in [6.45, 7) is 9.45. The SMILES string of the molecule is CCCCCCCCCCCCCC(CCCC)C(C)C. The van der Waals surface area contributed by atoms with Crippen LogP contribution in [0.15, 0.2) is 0 Å². The highest BCUT2D eigenvalue weighted by Gasteiger charge is 2.11. The van der Waals surface area contributed by atoms with Gasteiger partial charge in [-0.3, -0.25) is 0 Å². The lowest BCUT2D eigenvalue weighted by molar-refractivity contribution is 0.316. The first-order valence-electron chi connectivity index (χ1n) is 10.2. The Bertz CT molecular complexity index is 182. The molecule has 0 aliphatic heterocycles. The fraction of sp³-hybridized carbons (Fsp3) is 1.00. The van der Waals surface area contributed by atoms with Crippen molar-refractivity contribution in [2.45, 2.75) is 124 Å². The summed E-state index contributed by atoms with van der Waals surface area (Å²) < 4.78 is 0. The third-order valence-corrected chi connectivity index (χ3v) is 5.05. The molecule has 0 heterocycles. The number of rotatable bonds is 16. The lowest BCUT2D eigenvalue weighted by atomic mass is 9.86. The van der Waals surface area contributed by atoms with Crippen LogP contribution in [0.25, 0.3) is 0 Å². The molecule has 0 aliphatic carbocycles. The van der Waals surface area contributed by atoms with E-state index in [4.69, 9.17) is 0 Å². The molecule has 1 unspecified atom stereocenters. The minimum atomic E-state index is 0.889. The Labute approximate surface area is 136 Å². The first-order chi connectivity index (χ1) is 10.2. The van der Waals surface area contributed by atoms with Crippen LogP contribution in [0.1, 0.15) is 124 Å². The summed E-state index contributed by atoms with van der Waals surface area (Å²) >= 11 is 0. The summed E-state index contributed by atoms with van der Waals surface area (Å²) in [5.41, 5.74) is 0. The third-order valence-electron chi connectivity index (χ3n) is 5.05. The minimum absolute atomic E-state index is 0.889. The van der Waals surface area contributed by atoms with Gasteiger partial charge >= 0.3 is 0 Å². The molecule has 21 heavy (non-hydrogen) atoms. The second-order valence-corrected chi connectivity index (χ2v) is 7.47. The Morgan fingerprint density at radius 3 is 1.29 bits per heavy atom. The lowest BCUT2D eigenvalue weighted by Gasteiger charge is -2.20. The van der Waals surface area contributed by atoms with E-state index in [0.29, 0.717) is 0 Å². The molecule has 0 aliphatic rings. The van der Waals surface area contributed by atoms with Crippen molar-refractivity contribution < 1.29 is 0 Å². The van der Waals surface area contributed by atoms with Crippen LogP contribution in [0.4, 0.5) is 0 Å². The van der Waals surface area contributed by atoms with Crippen LogP contribution in [0.3, 0.4) is 0 Å². The smallest absolute Gasteiger partial charge is 0.0391 e. The van der Waals surface area contributed by atoms with Crippen molar-refractivity contribution in [1.29, 1.82) is 0 Å². The molecule has 0 rings (SSSR count). The second kappa shape index (κ2) is 16.4. The van der Waals surface area contributed by atoms with Gasteiger partial charge in [0.05, 0.1) is 0 Å². The van der Waals surface area contributed by atoms with Crippen LogP contribution in [0.2, 0.25) is 0 Å². The Hall–Kier alpha value is 0. The highest BCUT2D eigenvalue weighted by Crippen LogP contribution is 2.24. The standard InChI is InChI=1S/C21H44/c1-5-7-9-10-11-12-13-14-15-16-17-19-21(20(3)4)18-8-6-2/h20-21H,5-19H2,1-4H3. The normalized spacial score (nSPS) is 13.0. The molecule has 0 saturated heterocycles. The van der Waals surface area contributed by atoms with Crippen LogP contribution >= 0.6 is 0 Å². The van der Waals surface area contributed by atoms with E-state index < -0.39 is 0 Å². The van der Waals surface area contributed by atoms with E-state index in [2.05, 4.69) is 27.7 Å². The second-order valence-electron chi connectivity index (χ2n) is 7.47. The van der Waals surface area contributed by atoms with E-state index in [1.165, 1.54) is 96.3 Å². The highest BCUT2D eigenvalue weighted by atomic mass is 14.2. The summed E-state index contributed by atoms with van der Waals surface area (Å²) in [6, 6.07) is 0. The van der Waals surface area contributed by atoms with Crippen molar-refractivity contribution in [3.05, 3.63) is 0 Å². The van der Waals surface area contributed by atoms with E-state index in [0.717, 1.165) is 11.8 Å². The zero-order valence-corrected chi connectivity index (χ0v) is 15.8. The molecule has 128 valence electrons. The fourth-order valence-electron chi connectivity index (χ4n) is 3.35. The largest absolute Gasteiger partial charge is 0.0654 e. The Morgan fingerprint density at radius 2 is 0.857 bits per heavy atom. The van der Waals surface area contributed by atoms with E-state index >= 15 is 0 Å². The monoisotopic (exact) mass is 296 g/mol. The summed E-state index contributed by atoms with van der Waals surface area (Å²) in [4.78, 5) is 0. The number of unbranched alkanes of at least 4 members (excludes halogenated alkanes) is 11. The maximum absolute atomic E-state index is 2.42. The van der Waals surface area contributed by atoms with E-state index in [-0.39, 0.29) is 0 Å². The Kier molecular flexibility index (Phi) is 16.4. The van der Waals surface area contributed by atoms with E-state index in [1.807, 2.05) is 0 Å². The average Bonchev–Trinajstić information content (AvgIpc) is 2.47. The first kappa shape index (κ1) is 21.0. The summed E-state index contributed by atoms with van der Waals surface area (Å²) in [7, 11) is 0. The van der Waals surface area contributed by atoms with Crippen molar-refractivity contribution in [2.75, 3.05) is 0 Å². The average molecular weight is 297 g/mol.